The third-order valence-corrected chi connectivity index (χ3v) is 2.86. The largest absolute Gasteiger partial charge is 0.316 e. The molecule has 0 spiro atoms. The number of hydrogen-bond donors (Lipinski definition) is 3. The maximum Gasteiger partial charge on any atom is 0.314 e. The molecule has 0 saturated heterocycles. The lowest BCUT2D eigenvalue weighted by Gasteiger charge is -2.06. The van der Waals surface area contributed by atoms with Crippen LogP contribution in [-0.2, 0) is 6.54 Å². The van der Waals surface area contributed by atoms with Gasteiger partial charge in [-0.1, -0.05) is 0 Å². The van der Waals surface area contributed by atoms with Gasteiger partial charge in [-0.15, -0.1) is 9.24 Å². The predicted octanol–water partition coefficient (Wildman–Crippen LogP) is 0.0468. The molecule has 9 heteroatoms. The highest BCUT2D eigenvalue weighted by Crippen LogP contribution is 2.21. The topological polar surface area (TPSA) is 121 Å². The highest BCUT2D eigenvalue weighted by molar-refractivity contribution is 7.16. The Hall–Kier alpha value is -2.05. The molecule has 3 N–H and O–H groups in total. The summed E-state index contributed by atoms with van der Waals surface area (Å²) < 4.78 is 0. The van der Waals surface area contributed by atoms with Gasteiger partial charge in [-0.2, -0.15) is 0 Å². The van der Waals surface area contributed by atoms with Crippen molar-refractivity contribution in [3.63, 3.8) is 0 Å². The van der Waals surface area contributed by atoms with E-state index >= 15 is 0 Å². The van der Waals surface area contributed by atoms with Crippen LogP contribution in [0, 0.1) is 10.1 Å². The lowest BCUT2D eigenvalue weighted by atomic mass is 10.1. The molecule has 0 amide bonds. The van der Waals surface area contributed by atoms with E-state index in [1.54, 1.807) is 0 Å². The van der Waals surface area contributed by atoms with Crippen LogP contribution in [0.2, 0.25) is 0 Å². The minimum Gasteiger partial charge on any atom is -0.316 e. The normalized spacial score (nSPS) is 10.8. The Morgan fingerprint density at radius 1 is 1.26 bits per heavy atom. The first-order chi connectivity index (χ1) is 9.02. The molecule has 0 aliphatic carbocycles. The van der Waals surface area contributed by atoms with Gasteiger partial charge in [0.05, 0.1) is 16.0 Å². The first-order valence-corrected chi connectivity index (χ1v) is 6.19. The molecule has 0 fully saturated rings. The molecule has 0 aliphatic heterocycles. The van der Waals surface area contributed by atoms with Crippen LogP contribution in [0.3, 0.4) is 0 Å². The minimum absolute atomic E-state index is 0.143. The van der Waals surface area contributed by atoms with Crippen molar-refractivity contribution < 1.29 is 4.92 Å². The number of nitrogens with one attached hydrogen (secondary N) is 3. The van der Waals surface area contributed by atoms with Gasteiger partial charge in [-0.25, -0.2) is 0 Å². The first-order valence-electron chi connectivity index (χ1n) is 5.37. The van der Waals surface area contributed by atoms with E-state index in [0.29, 0.717) is 23.9 Å². The van der Waals surface area contributed by atoms with Crippen LogP contribution >= 0.6 is 9.24 Å². The highest BCUT2D eigenvalue weighted by Gasteiger charge is 2.13. The zero-order valence-electron chi connectivity index (χ0n) is 9.73. The molecule has 1 unspecified atom stereocenters. The molecule has 0 aliphatic rings. The van der Waals surface area contributed by atoms with Crippen molar-refractivity contribution in [1.82, 2.24) is 15.3 Å². The van der Waals surface area contributed by atoms with E-state index in [1.165, 1.54) is 12.1 Å². The molecule has 1 aromatic heterocycles. The molecular formula is C10H11N4O4P. The summed E-state index contributed by atoms with van der Waals surface area (Å²) in [6, 6.07) is 2.58. The smallest absolute Gasteiger partial charge is 0.314 e. The summed E-state index contributed by atoms with van der Waals surface area (Å²) in [4.78, 5) is 37.6. The lowest BCUT2D eigenvalue weighted by Crippen LogP contribution is -2.29. The van der Waals surface area contributed by atoms with Gasteiger partial charge in [0.25, 0.3) is 5.69 Å². The molecule has 0 saturated carbocycles. The third kappa shape index (κ3) is 2.69. The Bertz CT molecular complexity index is 751. The molecule has 1 aromatic carbocycles. The first kappa shape index (κ1) is 13.4. The van der Waals surface area contributed by atoms with E-state index in [2.05, 4.69) is 24.5 Å². The van der Waals surface area contributed by atoms with Crippen LogP contribution in [0.5, 0.6) is 0 Å². The maximum atomic E-state index is 11.3. The lowest BCUT2D eigenvalue weighted by molar-refractivity contribution is -0.384. The Morgan fingerprint density at radius 2 is 1.95 bits per heavy atom. The quantitative estimate of drug-likeness (QED) is 0.316. The van der Waals surface area contributed by atoms with E-state index in [0.717, 1.165) is 0 Å². The Labute approximate surface area is 108 Å². The molecular weight excluding hydrogens is 271 g/mol. The standard InChI is InChI=1S/C10H11N4O4P/c15-9-10(16)13-8-5(3-11-4-19)1-6(14(17)18)2-7(8)12-9/h1-2,11H,3-4,19H2,(H,12,15)(H,13,16). The Balaban J connectivity index is 2.74. The van der Waals surface area contributed by atoms with Crippen molar-refractivity contribution in [2.24, 2.45) is 0 Å². The minimum atomic E-state index is -0.835. The van der Waals surface area contributed by atoms with Gasteiger partial charge in [0.15, 0.2) is 0 Å². The zero-order valence-corrected chi connectivity index (χ0v) is 10.9. The number of aromatic nitrogens is 2. The number of rotatable bonds is 4. The Morgan fingerprint density at radius 3 is 2.58 bits per heavy atom. The predicted molar refractivity (Wildman–Crippen MR) is 73.3 cm³/mol. The van der Waals surface area contributed by atoms with Gasteiger partial charge in [0.1, 0.15) is 0 Å². The number of fused-ring (bicyclic) bond motifs is 1. The number of non-ortho nitro benzene ring substituents is 1. The van der Waals surface area contributed by atoms with Gasteiger partial charge >= 0.3 is 11.1 Å². The highest BCUT2D eigenvalue weighted by atomic mass is 31.0. The van der Waals surface area contributed by atoms with Crippen LogP contribution in [0.4, 0.5) is 5.69 Å². The van der Waals surface area contributed by atoms with Crippen molar-refractivity contribution >= 4 is 26.0 Å². The second-order valence-electron chi connectivity index (χ2n) is 3.82. The second-order valence-corrected chi connectivity index (χ2v) is 4.23. The number of hydrogen-bond acceptors (Lipinski definition) is 5. The van der Waals surface area contributed by atoms with Gasteiger partial charge in [0, 0.05) is 25.0 Å². The Kier molecular flexibility index (Phi) is 3.73. The molecule has 0 radical (unpaired) electrons. The number of nitro groups is 1. The van der Waals surface area contributed by atoms with Crippen molar-refractivity contribution in [3.05, 3.63) is 48.5 Å². The number of H-pyrrole nitrogens is 2. The molecule has 2 aromatic rings. The van der Waals surface area contributed by atoms with Gasteiger partial charge in [-0.05, 0) is 5.56 Å². The number of aromatic amines is 2. The SMILES string of the molecule is O=c1[nH]c2cc([N+](=O)[O-])cc(CNCP)c2[nH]c1=O. The van der Waals surface area contributed by atoms with Crippen LogP contribution in [0.1, 0.15) is 5.56 Å². The van der Waals surface area contributed by atoms with Crippen molar-refractivity contribution in [2.75, 3.05) is 6.29 Å². The summed E-state index contributed by atoms with van der Waals surface area (Å²) in [7, 11) is 2.46. The van der Waals surface area contributed by atoms with E-state index < -0.39 is 16.0 Å². The summed E-state index contributed by atoms with van der Waals surface area (Å²) >= 11 is 0. The van der Waals surface area contributed by atoms with Crippen LogP contribution in [0.25, 0.3) is 11.0 Å². The van der Waals surface area contributed by atoms with Crippen LogP contribution in [-0.4, -0.2) is 21.2 Å². The molecule has 0 bridgehead atoms. The van der Waals surface area contributed by atoms with E-state index in [9.17, 15) is 19.7 Å². The van der Waals surface area contributed by atoms with E-state index in [1.807, 2.05) is 0 Å². The number of benzene rings is 1. The molecule has 8 nitrogen and oxygen atoms in total. The summed E-state index contributed by atoms with van der Waals surface area (Å²) in [5.41, 5.74) is -0.595. The zero-order chi connectivity index (χ0) is 14.0. The second kappa shape index (κ2) is 5.29. The summed E-state index contributed by atoms with van der Waals surface area (Å²) in [6.45, 7) is 0.337. The van der Waals surface area contributed by atoms with Crippen molar-refractivity contribution in [3.8, 4) is 0 Å². The summed E-state index contributed by atoms with van der Waals surface area (Å²) in [5.74, 6) is 0. The molecule has 1 heterocycles. The monoisotopic (exact) mass is 282 g/mol. The van der Waals surface area contributed by atoms with Crippen molar-refractivity contribution in [2.45, 2.75) is 6.54 Å². The van der Waals surface area contributed by atoms with Crippen LogP contribution in [0.15, 0.2) is 21.7 Å². The van der Waals surface area contributed by atoms with Crippen LogP contribution < -0.4 is 16.4 Å². The van der Waals surface area contributed by atoms with Gasteiger partial charge in [0.2, 0.25) is 0 Å². The average Bonchev–Trinajstić information content (AvgIpc) is 2.37. The fraction of sp³-hybridized carbons (Fsp3) is 0.200. The van der Waals surface area contributed by atoms with E-state index in [4.69, 9.17) is 0 Å². The third-order valence-electron chi connectivity index (χ3n) is 2.57. The molecule has 19 heavy (non-hydrogen) atoms. The summed E-state index contributed by atoms with van der Waals surface area (Å²) in [5, 5.41) is 13.8. The summed E-state index contributed by atoms with van der Waals surface area (Å²) in [6.07, 6.45) is 0.595. The number of nitrogens with zero attached hydrogens (tertiary/aromatic N) is 1. The maximum absolute atomic E-state index is 11.3. The van der Waals surface area contributed by atoms with Gasteiger partial charge < -0.3 is 15.3 Å². The number of nitro benzene ring substituents is 1. The van der Waals surface area contributed by atoms with Gasteiger partial charge in [-0.3, -0.25) is 19.7 Å². The fourth-order valence-electron chi connectivity index (χ4n) is 1.73. The molecule has 1 atom stereocenters. The van der Waals surface area contributed by atoms with E-state index in [-0.39, 0.29) is 11.2 Å². The molecule has 2 rings (SSSR count). The van der Waals surface area contributed by atoms with Crippen molar-refractivity contribution in [1.29, 1.82) is 0 Å². The molecule has 100 valence electrons. The fourth-order valence-corrected chi connectivity index (χ4v) is 1.88. The average molecular weight is 282 g/mol.